The average Bonchev–Trinajstić information content (AvgIpc) is 2.96. The molecule has 1 fully saturated rings. The van der Waals surface area contributed by atoms with Crippen LogP contribution in [-0.4, -0.2) is 25.3 Å². The van der Waals surface area contributed by atoms with E-state index in [-0.39, 0.29) is 11.7 Å². The van der Waals surface area contributed by atoms with Crippen LogP contribution in [0.5, 0.6) is 5.75 Å². The second kappa shape index (κ2) is 3.71. The Hall–Kier alpha value is -1.14. The number of halogens is 1. The smallest absolute Gasteiger partial charge is 0.268 e. The summed E-state index contributed by atoms with van der Waals surface area (Å²) < 4.78 is 48.5. The van der Waals surface area contributed by atoms with Gasteiger partial charge >= 0.3 is 0 Å². The first-order valence-electron chi connectivity index (χ1n) is 4.73. The predicted octanol–water partition coefficient (Wildman–Crippen LogP) is 1.58. The van der Waals surface area contributed by atoms with E-state index in [1.807, 2.05) is 0 Å². The minimum absolute atomic E-state index is 0.118. The summed E-state index contributed by atoms with van der Waals surface area (Å²) in [7, 11) is -2.65. The number of rotatable bonds is 3. The predicted molar refractivity (Wildman–Crippen MR) is 55.6 cm³/mol. The highest BCUT2D eigenvalue weighted by atomic mass is 32.2. The van der Waals surface area contributed by atoms with Gasteiger partial charge in [-0.1, -0.05) is 6.07 Å². The van der Waals surface area contributed by atoms with Crippen LogP contribution in [0.25, 0.3) is 0 Å². The third kappa shape index (κ3) is 2.03. The van der Waals surface area contributed by atoms with Crippen LogP contribution in [0.2, 0.25) is 0 Å². The summed E-state index contributed by atoms with van der Waals surface area (Å²) in [4.78, 5) is 0. The number of benzene rings is 1. The van der Waals surface area contributed by atoms with Crippen LogP contribution in [0.3, 0.4) is 0 Å². The van der Waals surface area contributed by atoms with Gasteiger partial charge in [0.15, 0.2) is 11.6 Å². The monoisotopic (exact) mass is 246 g/mol. The molecule has 16 heavy (non-hydrogen) atoms. The summed E-state index contributed by atoms with van der Waals surface area (Å²) in [6, 6.07) is 4.30. The lowest BCUT2D eigenvalue weighted by molar-refractivity contribution is 0.386. The van der Waals surface area contributed by atoms with Gasteiger partial charge in [-0.2, -0.15) is 8.42 Å². The Labute approximate surface area is 92.8 Å². The van der Waals surface area contributed by atoms with Gasteiger partial charge in [0.05, 0.1) is 12.4 Å². The molecule has 2 atom stereocenters. The molecule has 0 unspecified atom stereocenters. The van der Waals surface area contributed by atoms with Crippen molar-refractivity contribution in [1.82, 2.24) is 0 Å². The first-order chi connectivity index (χ1) is 7.43. The van der Waals surface area contributed by atoms with Crippen molar-refractivity contribution in [2.75, 3.05) is 7.11 Å². The van der Waals surface area contributed by atoms with E-state index in [0.29, 0.717) is 12.0 Å². The number of methoxy groups -OCH3 is 1. The van der Waals surface area contributed by atoms with Crippen molar-refractivity contribution in [3.05, 3.63) is 29.6 Å². The van der Waals surface area contributed by atoms with E-state index in [2.05, 4.69) is 0 Å². The molecule has 1 saturated carbocycles. The van der Waals surface area contributed by atoms with Gasteiger partial charge in [0.1, 0.15) is 0 Å². The topological polar surface area (TPSA) is 63.6 Å². The molecular weight excluding hydrogens is 235 g/mol. The van der Waals surface area contributed by atoms with Crippen LogP contribution in [0.1, 0.15) is 17.9 Å². The van der Waals surface area contributed by atoms with E-state index in [0.717, 1.165) is 0 Å². The van der Waals surface area contributed by atoms with Crippen LogP contribution in [-0.2, 0) is 10.1 Å². The lowest BCUT2D eigenvalue weighted by Crippen LogP contribution is -2.06. The van der Waals surface area contributed by atoms with E-state index >= 15 is 0 Å². The third-order valence-corrected chi connectivity index (χ3v) is 4.00. The zero-order valence-electron chi connectivity index (χ0n) is 8.55. The van der Waals surface area contributed by atoms with Gasteiger partial charge in [-0.15, -0.1) is 0 Å². The molecule has 0 bridgehead atoms. The van der Waals surface area contributed by atoms with Gasteiger partial charge in [-0.25, -0.2) is 4.39 Å². The lowest BCUT2D eigenvalue weighted by atomic mass is 10.1. The van der Waals surface area contributed by atoms with Gasteiger partial charge in [0.25, 0.3) is 10.1 Å². The van der Waals surface area contributed by atoms with Gasteiger partial charge in [0.2, 0.25) is 0 Å². The molecule has 1 aromatic carbocycles. The molecule has 0 amide bonds. The van der Waals surface area contributed by atoms with Crippen LogP contribution >= 0.6 is 0 Å². The van der Waals surface area contributed by atoms with Crippen LogP contribution in [0.15, 0.2) is 18.2 Å². The second-order valence-electron chi connectivity index (χ2n) is 3.79. The Balaban J connectivity index is 2.22. The van der Waals surface area contributed by atoms with Crippen molar-refractivity contribution < 1.29 is 22.1 Å². The summed E-state index contributed by atoms with van der Waals surface area (Å²) in [5.74, 6) is -0.718. The van der Waals surface area contributed by atoms with Crippen LogP contribution < -0.4 is 4.74 Å². The molecular formula is C10H11FO4S. The van der Waals surface area contributed by atoms with Crippen LogP contribution in [0, 0.1) is 5.82 Å². The molecule has 0 spiro atoms. The molecule has 1 aliphatic carbocycles. The molecule has 0 aliphatic heterocycles. The molecule has 0 saturated heterocycles. The molecule has 6 heteroatoms. The Morgan fingerprint density at radius 2 is 2.19 bits per heavy atom. The summed E-state index contributed by atoms with van der Waals surface area (Å²) in [5, 5.41) is -0.791. The average molecular weight is 246 g/mol. The van der Waals surface area contributed by atoms with Crippen LogP contribution in [0.4, 0.5) is 4.39 Å². The largest absolute Gasteiger partial charge is 0.494 e. The second-order valence-corrected chi connectivity index (χ2v) is 5.43. The summed E-state index contributed by atoms with van der Waals surface area (Å²) in [5.41, 5.74) is 0.570. The highest BCUT2D eigenvalue weighted by Gasteiger charge is 2.47. The standard InChI is InChI=1S/C10H11FO4S/c1-15-9-3-2-6(4-8(9)11)7-5-10(7)16(12,13)14/h2-4,7,10H,5H2,1H3,(H,12,13,14)/t7-,10-/m0/s1. The van der Waals surface area contributed by atoms with E-state index < -0.39 is 21.2 Å². The van der Waals surface area contributed by atoms with Crippen molar-refractivity contribution in [2.24, 2.45) is 0 Å². The fraction of sp³-hybridized carbons (Fsp3) is 0.400. The number of hydrogen-bond acceptors (Lipinski definition) is 3. The summed E-state index contributed by atoms with van der Waals surface area (Å²) in [6.07, 6.45) is 0.338. The van der Waals surface area contributed by atoms with Gasteiger partial charge in [-0.3, -0.25) is 4.55 Å². The Morgan fingerprint density at radius 3 is 2.62 bits per heavy atom. The number of ether oxygens (including phenoxy) is 1. The Kier molecular flexibility index (Phi) is 2.63. The molecule has 88 valence electrons. The minimum atomic E-state index is -4.01. The maximum Gasteiger partial charge on any atom is 0.268 e. The van der Waals surface area contributed by atoms with E-state index in [9.17, 15) is 12.8 Å². The number of hydrogen-bond donors (Lipinski definition) is 1. The zero-order valence-corrected chi connectivity index (χ0v) is 9.37. The molecule has 0 aromatic heterocycles. The molecule has 2 rings (SSSR count). The van der Waals surface area contributed by atoms with Crippen molar-refractivity contribution in [3.63, 3.8) is 0 Å². The molecule has 0 radical (unpaired) electrons. The molecule has 4 nitrogen and oxygen atoms in total. The fourth-order valence-corrected chi connectivity index (χ4v) is 2.79. The van der Waals surface area contributed by atoms with Gasteiger partial charge in [-0.05, 0) is 24.1 Å². The maximum absolute atomic E-state index is 13.3. The van der Waals surface area contributed by atoms with Gasteiger partial charge in [0, 0.05) is 5.92 Å². The minimum Gasteiger partial charge on any atom is -0.494 e. The Morgan fingerprint density at radius 1 is 1.50 bits per heavy atom. The lowest BCUT2D eigenvalue weighted by Gasteiger charge is -2.04. The highest BCUT2D eigenvalue weighted by molar-refractivity contribution is 7.86. The molecule has 1 aromatic rings. The Bertz CT molecular complexity index is 512. The van der Waals surface area contributed by atoms with Crippen molar-refractivity contribution in [1.29, 1.82) is 0 Å². The van der Waals surface area contributed by atoms with E-state index in [1.54, 1.807) is 6.07 Å². The van der Waals surface area contributed by atoms with Crippen molar-refractivity contribution in [3.8, 4) is 5.75 Å². The normalized spacial score (nSPS) is 24.2. The molecule has 0 heterocycles. The quantitative estimate of drug-likeness (QED) is 0.822. The highest BCUT2D eigenvalue weighted by Crippen LogP contribution is 2.46. The summed E-state index contributed by atoms with van der Waals surface area (Å²) in [6.45, 7) is 0. The molecule has 1 aliphatic rings. The zero-order chi connectivity index (χ0) is 11.9. The maximum atomic E-state index is 13.3. The summed E-state index contributed by atoms with van der Waals surface area (Å²) >= 11 is 0. The van der Waals surface area contributed by atoms with E-state index in [4.69, 9.17) is 9.29 Å². The molecule has 1 N–H and O–H groups in total. The first kappa shape index (κ1) is 11.3. The third-order valence-electron chi connectivity index (χ3n) is 2.72. The van der Waals surface area contributed by atoms with Crippen molar-refractivity contribution >= 4 is 10.1 Å². The van der Waals surface area contributed by atoms with E-state index in [1.165, 1.54) is 19.2 Å². The first-order valence-corrected chi connectivity index (χ1v) is 6.23. The SMILES string of the molecule is COc1ccc([C@@H]2C[C@@H]2S(=O)(=O)O)cc1F. The fourth-order valence-electron chi connectivity index (χ4n) is 1.76. The van der Waals surface area contributed by atoms with Crippen molar-refractivity contribution in [2.45, 2.75) is 17.6 Å². The van der Waals surface area contributed by atoms with Gasteiger partial charge < -0.3 is 4.74 Å².